The number of nitrogens with zero attached hydrogens (tertiary/aromatic N) is 1. The number of aromatic nitrogens is 1. The molecule has 1 heterocycles. The molecular formula is C17H20ClN3O2. The Morgan fingerprint density at radius 2 is 2.04 bits per heavy atom. The van der Waals surface area contributed by atoms with Crippen molar-refractivity contribution in [1.29, 1.82) is 0 Å². The predicted molar refractivity (Wildman–Crippen MR) is 89.4 cm³/mol. The molecule has 1 aromatic heterocycles. The second-order valence-corrected chi connectivity index (χ2v) is 6.50. The van der Waals surface area contributed by atoms with Crippen molar-refractivity contribution in [2.45, 2.75) is 38.8 Å². The summed E-state index contributed by atoms with van der Waals surface area (Å²) >= 11 is 5.96. The molecule has 1 aromatic carbocycles. The Kier molecular flexibility index (Phi) is 4.68. The summed E-state index contributed by atoms with van der Waals surface area (Å²) in [7, 11) is 0. The number of hydrogen-bond acceptors (Lipinski definition) is 4. The summed E-state index contributed by atoms with van der Waals surface area (Å²) < 4.78 is 4.96. The van der Waals surface area contributed by atoms with Crippen LogP contribution in [-0.4, -0.2) is 17.1 Å². The van der Waals surface area contributed by atoms with Crippen molar-refractivity contribution in [3.63, 3.8) is 0 Å². The highest BCUT2D eigenvalue weighted by molar-refractivity contribution is 6.30. The van der Waals surface area contributed by atoms with Crippen molar-refractivity contribution in [2.24, 2.45) is 5.92 Å². The first kappa shape index (κ1) is 16.0. The summed E-state index contributed by atoms with van der Waals surface area (Å²) in [6, 6.07) is 9.32. The van der Waals surface area contributed by atoms with Gasteiger partial charge in [-0.15, -0.1) is 0 Å². The van der Waals surface area contributed by atoms with Gasteiger partial charge >= 0.3 is 0 Å². The quantitative estimate of drug-likeness (QED) is 0.845. The fraction of sp³-hybridized carbons (Fsp3) is 0.412. The van der Waals surface area contributed by atoms with Gasteiger partial charge in [0.1, 0.15) is 5.76 Å². The molecule has 2 aromatic rings. The lowest BCUT2D eigenvalue weighted by molar-refractivity contribution is -0.118. The van der Waals surface area contributed by atoms with Crippen LogP contribution in [0.3, 0.4) is 0 Å². The van der Waals surface area contributed by atoms with Crippen LogP contribution in [0, 0.1) is 12.8 Å². The van der Waals surface area contributed by atoms with Crippen LogP contribution in [0.25, 0.3) is 0 Å². The van der Waals surface area contributed by atoms with Crippen molar-refractivity contribution in [1.82, 2.24) is 10.5 Å². The summed E-state index contributed by atoms with van der Waals surface area (Å²) in [4.78, 5) is 12.3. The first-order valence-corrected chi connectivity index (χ1v) is 8.16. The molecule has 0 radical (unpaired) electrons. The van der Waals surface area contributed by atoms with Crippen LogP contribution in [-0.2, 0) is 4.79 Å². The van der Waals surface area contributed by atoms with Crippen LogP contribution in [0.4, 0.5) is 5.82 Å². The van der Waals surface area contributed by atoms with E-state index in [1.807, 2.05) is 31.2 Å². The average Bonchev–Trinajstić information content (AvgIpc) is 3.29. The monoisotopic (exact) mass is 333 g/mol. The number of carbonyl (C=O) groups excluding carboxylic acids is 1. The fourth-order valence-corrected chi connectivity index (χ4v) is 2.73. The van der Waals surface area contributed by atoms with E-state index in [1.165, 1.54) is 12.8 Å². The molecule has 122 valence electrons. The largest absolute Gasteiger partial charge is 0.360 e. The van der Waals surface area contributed by atoms with Crippen molar-refractivity contribution < 1.29 is 9.32 Å². The molecule has 0 unspecified atom stereocenters. The molecule has 0 saturated heterocycles. The van der Waals surface area contributed by atoms with Gasteiger partial charge in [-0.3, -0.25) is 10.1 Å². The number of halogens is 1. The predicted octanol–water partition coefficient (Wildman–Crippen LogP) is 3.70. The number of carbonyl (C=O) groups is 1. The third-order valence-electron chi connectivity index (χ3n) is 4.02. The van der Waals surface area contributed by atoms with Gasteiger partial charge in [0.25, 0.3) is 0 Å². The van der Waals surface area contributed by atoms with Crippen molar-refractivity contribution >= 4 is 23.3 Å². The number of hydrogen-bond donors (Lipinski definition) is 2. The van der Waals surface area contributed by atoms with E-state index in [4.69, 9.17) is 16.1 Å². The summed E-state index contributed by atoms with van der Waals surface area (Å²) in [5.41, 5.74) is 1.16. The number of nitrogens with one attached hydrogen (secondary N) is 2. The maximum Gasteiger partial charge on any atom is 0.242 e. The number of rotatable bonds is 6. The zero-order chi connectivity index (χ0) is 16.4. The zero-order valence-corrected chi connectivity index (χ0v) is 13.9. The Labute approximate surface area is 140 Å². The van der Waals surface area contributed by atoms with Crippen molar-refractivity contribution in [3.8, 4) is 0 Å². The normalized spacial score (nSPS) is 16.8. The Bertz CT molecular complexity index is 679. The fourth-order valence-electron chi connectivity index (χ4n) is 2.61. The van der Waals surface area contributed by atoms with E-state index < -0.39 is 0 Å². The van der Waals surface area contributed by atoms with E-state index >= 15 is 0 Å². The van der Waals surface area contributed by atoms with Crippen LogP contribution >= 0.6 is 11.6 Å². The Morgan fingerprint density at radius 3 is 2.61 bits per heavy atom. The highest BCUT2D eigenvalue weighted by Crippen LogP contribution is 2.41. The lowest BCUT2D eigenvalue weighted by atomic mass is 10.0. The molecule has 1 fully saturated rings. The van der Waals surface area contributed by atoms with Gasteiger partial charge in [-0.05, 0) is 50.3 Å². The topological polar surface area (TPSA) is 67.2 Å². The minimum absolute atomic E-state index is 0.127. The molecule has 0 aliphatic heterocycles. The van der Waals surface area contributed by atoms with Gasteiger partial charge in [-0.2, -0.15) is 0 Å². The van der Waals surface area contributed by atoms with E-state index in [0.29, 0.717) is 17.5 Å². The van der Waals surface area contributed by atoms with Gasteiger partial charge in [-0.1, -0.05) is 28.9 Å². The van der Waals surface area contributed by atoms with Gasteiger partial charge in [0, 0.05) is 17.1 Å². The second-order valence-electron chi connectivity index (χ2n) is 6.07. The molecule has 2 atom stereocenters. The first-order chi connectivity index (χ1) is 11.0. The van der Waals surface area contributed by atoms with E-state index in [2.05, 4.69) is 15.8 Å². The third-order valence-corrected chi connectivity index (χ3v) is 4.28. The van der Waals surface area contributed by atoms with E-state index in [-0.39, 0.29) is 18.0 Å². The van der Waals surface area contributed by atoms with Crippen LogP contribution < -0.4 is 10.6 Å². The van der Waals surface area contributed by atoms with E-state index in [0.717, 1.165) is 10.6 Å². The van der Waals surface area contributed by atoms with Gasteiger partial charge in [0.05, 0.1) is 6.04 Å². The van der Waals surface area contributed by atoms with Gasteiger partial charge in [0.15, 0.2) is 5.82 Å². The van der Waals surface area contributed by atoms with Crippen LogP contribution in [0.15, 0.2) is 34.9 Å². The molecule has 23 heavy (non-hydrogen) atoms. The minimum atomic E-state index is -0.340. The Morgan fingerprint density at radius 1 is 1.35 bits per heavy atom. The van der Waals surface area contributed by atoms with E-state index in [9.17, 15) is 4.79 Å². The lowest BCUT2D eigenvalue weighted by Crippen LogP contribution is -2.41. The smallest absolute Gasteiger partial charge is 0.242 e. The zero-order valence-electron chi connectivity index (χ0n) is 13.2. The van der Waals surface area contributed by atoms with Crippen LogP contribution in [0.1, 0.15) is 37.1 Å². The highest BCUT2D eigenvalue weighted by atomic mass is 35.5. The maximum absolute atomic E-state index is 12.3. The van der Waals surface area contributed by atoms with Crippen LogP contribution in [0.5, 0.6) is 0 Å². The molecular weight excluding hydrogens is 314 g/mol. The Balaban J connectivity index is 1.65. The molecule has 6 heteroatoms. The van der Waals surface area contributed by atoms with E-state index in [1.54, 1.807) is 13.0 Å². The maximum atomic E-state index is 12.3. The summed E-state index contributed by atoms with van der Waals surface area (Å²) in [5.74, 6) is 1.55. The van der Waals surface area contributed by atoms with Crippen molar-refractivity contribution in [2.75, 3.05) is 5.32 Å². The molecule has 5 nitrogen and oxygen atoms in total. The molecule has 3 rings (SSSR count). The minimum Gasteiger partial charge on any atom is -0.360 e. The Hall–Kier alpha value is -1.85. The summed E-state index contributed by atoms with van der Waals surface area (Å²) in [6.45, 7) is 3.64. The molecule has 1 amide bonds. The lowest BCUT2D eigenvalue weighted by Gasteiger charge is -2.23. The highest BCUT2D eigenvalue weighted by Gasteiger charge is 2.34. The average molecular weight is 334 g/mol. The third kappa shape index (κ3) is 4.12. The van der Waals surface area contributed by atoms with Gasteiger partial charge < -0.3 is 9.84 Å². The first-order valence-electron chi connectivity index (χ1n) is 7.78. The van der Waals surface area contributed by atoms with Crippen LogP contribution in [0.2, 0.25) is 5.02 Å². The molecule has 1 saturated carbocycles. The molecule has 0 spiro atoms. The van der Waals surface area contributed by atoms with Crippen molar-refractivity contribution in [3.05, 3.63) is 46.7 Å². The molecule has 2 N–H and O–H groups in total. The second kappa shape index (κ2) is 6.72. The van der Waals surface area contributed by atoms with Gasteiger partial charge in [-0.25, -0.2) is 0 Å². The SMILES string of the molecule is Cc1cc(NC(=O)[C@@H](C)N[C@H](c2ccc(Cl)cc2)C2CC2)no1. The molecule has 1 aliphatic carbocycles. The molecule has 0 bridgehead atoms. The number of aryl methyl sites for hydroxylation is 1. The number of anilines is 1. The number of amides is 1. The standard InChI is InChI=1S/C17H20ClN3O2/c1-10-9-15(21-23-10)20-17(22)11(2)19-16(12-3-4-12)13-5-7-14(18)8-6-13/h5-9,11-12,16,19H,3-4H2,1-2H3,(H,20,21,22)/t11-,16+/m1/s1. The van der Waals surface area contributed by atoms with Gasteiger partial charge in [0.2, 0.25) is 5.91 Å². The summed E-state index contributed by atoms with van der Waals surface area (Å²) in [6.07, 6.45) is 2.36. The molecule has 1 aliphatic rings. The number of benzene rings is 1. The summed E-state index contributed by atoms with van der Waals surface area (Å²) in [5, 5.41) is 10.7.